The number of hydrogen-bond donors (Lipinski definition) is 1. The van der Waals surface area contributed by atoms with Gasteiger partial charge < -0.3 is 15.2 Å². The van der Waals surface area contributed by atoms with Crippen molar-refractivity contribution in [3.63, 3.8) is 0 Å². The molecule has 0 radical (unpaired) electrons. The summed E-state index contributed by atoms with van der Waals surface area (Å²) < 4.78 is 37.1. The number of ether oxygens (including phenoxy) is 2. The molecule has 2 rings (SSSR count). The van der Waals surface area contributed by atoms with Gasteiger partial charge in [-0.3, -0.25) is 0 Å². The van der Waals surface area contributed by atoms with Gasteiger partial charge in [-0.15, -0.1) is 12.4 Å². The predicted molar refractivity (Wildman–Crippen MR) is 87.3 cm³/mol. The molecule has 1 fully saturated rings. The third kappa shape index (κ3) is 3.65. The topological polar surface area (TPSA) is 81.9 Å². The Bertz CT molecular complexity index is 607. The Morgan fingerprint density at radius 1 is 1.27 bits per heavy atom. The first-order valence-corrected chi connectivity index (χ1v) is 8.32. The summed E-state index contributed by atoms with van der Waals surface area (Å²) in [5.41, 5.74) is 5.87. The van der Waals surface area contributed by atoms with Gasteiger partial charge in [-0.05, 0) is 31.4 Å². The van der Waals surface area contributed by atoms with E-state index in [4.69, 9.17) is 15.2 Å². The summed E-state index contributed by atoms with van der Waals surface area (Å²) in [7, 11) is -0.524. The van der Waals surface area contributed by atoms with E-state index in [1.54, 1.807) is 6.07 Å². The van der Waals surface area contributed by atoms with Gasteiger partial charge in [-0.1, -0.05) is 0 Å². The Kier molecular flexibility index (Phi) is 6.49. The molecule has 22 heavy (non-hydrogen) atoms. The van der Waals surface area contributed by atoms with Crippen LogP contribution in [0.3, 0.4) is 0 Å². The highest BCUT2D eigenvalue weighted by Gasteiger charge is 2.34. The van der Waals surface area contributed by atoms with Crippen LogP contribution in [0.5, 0.6) is 11.5 Å². The summed E-state index contributed by atoms with van der Waals surface area (Å²) in [5.74, 6) is 1.12. The van der Waals surface area contributed by atoms with Gasteiger partial charge in [0.1, 0.15) is 0 Å². The summed E-state index contributed by atoms with van der Waals surface area (Å²) in [6, 6.07) is 4.63. The minimum Gasteiger partial charge on any atom is -0.493 e. The minimum absolute atomic E-state index is 0. The number of rotatable bonds is 5. The molecule has 2 N–H and O–H groups in total. The Balaban J connectivity index is 0.00000242. The first-order chi connectivity index (χ1) is 9.90. The van der Waals surface area contributed by atoms with E-state index in [2.05, 4.69) is 0 Å². The van der Waals surface area contributed by atoms with E-state index in [1.807, 2.05) is 6.92 Å². The highest BCUT2D eigenvalue weighted by molar-refractivity contribution is 7.89. The molecule has 0 amide bonds. The van der Waals surface area contributed by atoms with Crippen molar-refractivity contribution < 1.29 is 17.9 Å². The summed E-state index contributed by atoms with van der Waals surface area (Å²) >= 11 is 0. The van der Waals surface area contributed by atoms with Gasteiger partial charge in [0.2, 0.25) is 10.0 Å². The maximum absolute atomic E-state index is 12.7. The average Bonchev–Trinajstić information content (AvgIpc) is 2.97. The fourth-order valence-corrected chi connectivity index (χ4v) is 4.06. The predicted octanol–water partition coefficient (Wildman–Crippen LogP) is 1.48. The molecule has 0 bridgehead atoms. The zero-order chi connectivity index (χ0) is 15.6. The lowest BCUT2D eigenvalue weighted by atomic mass is 10.0. The molecule has 1 aromatic carbocycles. The molecule has 8 heteroatoms. The molecule has 0 spiro atoms. The Labute approximate surface area is 138 Å². The molecule has 0 aromatic heterocycles. The standard InChI is InChI=1S/C14H22N2O4S.ClH/c1-10(15)11-6-7-16(9-11)21(17,18)12-4-5-13(19-2)14(8-12)20-3;/h4-5,8,10-11H,6-7,9,15H2,1-3H3;1H. The second kappa shape index (κ2) is 7.50. The summed E-state index contributed by atoms with van der Waals surface area (Å²) in [6.45, 7) is 2.88. The van der Waals surface area contributed by atoms with Crippen molar-refractivity contribution in [3.8, 4) is 11.5 Å². The lowest BCUT2D eigenvalue weighted by molar-refractivity contribution is 0.353. The maximum atomic E-state index is 12.7. The molecule has 2 atom stereocenters. The van der Waals surface area contributed by atoms with Gasteiger partial charge in [0, 0.05) is 25.2 Å². The Morgan fingerprint density at radius 3 is 2.41 bits per heavy atom. The van der Waals surface area contributed by atoms with E-state index in [1.165, 1.54) is 30.7 Å². The largest absolute Gasteiger partial charge is 0.493 e. The van der Waals surface area contributed by atoms with Crippen LogP contribution in [0.1, 0.15) is 13.3 Å². The van der Waals surface area contributed by atoms with E-state index in [0.717, 1.165) is 6.42 Å². The van der Waals surface area contributed by atoms with E-state index < -0.39 is 10.0 Å². The van der Waals surface area contributed by atoms with Gasteiger partial charge in [-0.25, -0.2) is 8.42 Å². The van der Waals surface area contributed by atoms with Crippen molar-refractivity contribution in [1.29, 1.82) is 0 Å². The van der Waals surface area contributed by atoms with E-state index >= 15 is 0 Å². The van der Waals surface area contributed by atoms with E-state index in [0.29, 0.717) is 24.6 Å². The van der Waals surface area contributed by atoms with Crippen molar-refractivity contribution >= 4 is 22.4 Å². The van der Waals surface area contributed by atoms with Gasteiger partial charge in [-0.2, -0.15) is 4.31 Å². The zero-order valence-electron chi connectivity index (χ0n) is 13.0. The van der Waals surface area contributed by atoms with Crippen molar-refractivity contribution in [1.82, 2.24) is 4.31 Å². The third-order valence-corrected chi connectivity index (χ3v) is 5.78. The van der Waals surface area contributed by atoms with Crippen molar-refractivity contribution in [3.05, 3.63) is 18.2 Å². The summed E-state index contributed by atoms with van der Waals surface area (Å²) in [6.07, 6.45) is 0.796. The lowest BCUT2D eigenvalue weighted by Gasteiger charge is -2.19. The SMILES string of the molecule is COc1ccc(S(=O)(=O)N2CCC(C(C)N)C2)cc1OC.Cl. The average molecular weight is 351 g/mol. The summed E-state index contributed by atoms with van der Waals surface area (Å²) in [5, 5.41) is 0. The van der Waals surface area contributed by atoms with Crippen molar-refractivity contribution in [2.45, 2.75) is 24.3 Å². The molecule has 2 unspecified atom stereocenters. The molecule has 1 aromatic rings. The lowest BCUT2D eigenvalue weighted by Crippen LogP contribution is -2.33. The van der Waals surface area contributed by atoms with Gasteiger partial charge >= 0.3 is 0 Å². The van der Waals surface area contributed by atoms with Crippen molar-refractivity contribution in [2.24, 2.45) is 11.7 Å². The molecule has 0 aliphatic carbocycles. The molecule has 0 saturated carbocycles. The highest BCUT2D eigenvalue weighted by Crippen LogP contribution is 2.32. The zero-order valence-corrected chi connectivity index (χ0v) is 14.6. The fraction of sp³-hybridized carbons (Fsp3) is 0.571. The maximum Gasteiger partial charge on any atom is 0.243 e. The number of nitrogens with zero attached hydrogens (tertiary/aromatic N) is 1. The normalized spacial score (nSPS) is 20.3. The van der Waals surface area contributed by atoms with Crippen LogP contribution in [-0.4, -0.2) is 46.1 Å². The summed E-state index contributed by atoms with van der Waals surface area (Å²) in [4.78, 5) is 0.213. The molecular weight excluding hydrogens is 328 g/mol. The van der Waals surface area contributed by atoms with Crippen LogP contribution in [0, 0.1) is 5.92 Å². The molecule has 1 heterocycles. The highest BCUT2D eigenvalue weighted by atomic mass is 35.5. The Morgan fingerprint density at radius 2 is 1.91 bits per heavy atom. The molecule has 1 saturated heterocycles. The van der Waals surface area contributed by atoms with Crippen LogP contribution >= 0.6 is 12.4 Å². The van der Waals surface area contributed by atoms with Gasteiger partial charge in [0.05, 0.1) is 19.1 Å². The number of hydrogen-bond acceptors (Lipinski definition) is 5. The number of nitrogens with two attached hydrogens (primary N) is 1. The molecular formula is C14H23ClN2O4S. The van der Waals surface area contributed by atoms with Crippen LogP contribution < -0.4 is 15.2 Å². The Hall–Kier alpha value is -1.02. The smallest absolute Gasteiger partial charge is 0.243 e. The monoisotopic (exact) mass is 350 g/mol. The van der Waals surface area contributed by atoms with Gasteiger partial charge in [0.25, 0.3) is 0 Å². The van der Waals surface area contributed by atoms with E-state index in [-0.39, 0.29) is 29.3 Å². The van der Waals surface area contributed by atoms with Crippen molar-refractivity contribution in [2.75, 3.05) is 27.3 Å². The second-order valence-electron chi connectivity index (χ2n) is 5.29. The first kappa shape index (κ1) is 19.0. The van der Waals surface area contributed by atoms with Crippen LogP contribution in [0.2, 0.25) is 0 Å². The molecule has 6 nitrogen and oxygen atoms in total. The van der Waals surface area contributed by atoms with Crippen LogP contribution in [-0.2, 0) is 10.0 Å². The number of benzene rings is 1. The minimum atomic E-state index is -3.52. The number of methoxy groups -OCH3 is 2. The number of sulfonamides is 1. The quantitative estimate of drug-likeness (QED) is 0.869. The van der Waals surface area contributed by atoms with Crippen LogP contribution in [0.4, 0.5) is 0 Å². The molecule has 1 aliphatic heterocycles. The molecule has 1 aliphatic rings. The fourth-order valence-electron chi connectivity index (χ4n) is 2.53. The van der Waals surface area contributed by atoms with Crippen LogP contribution in [0.25, 0.3) is 0 Å². The third-order valence-electron chi connectivity index (χ3n) is 3.92. The first-order valence-electron chi connectivity index (χ1n) is 6.88. The van der Waals surface area contributed by atoms with Gasteiger partial charge in [0.15, 0.2) is 11.5 Å². The molecule has 126 valence electrons. The number of halogens is 1. The van der Waals surface area contributed by atoms with E-state index in [9.17, 15) is 8.42 Å². The van der Waals surface area contributed by atoms with Crippen LogP contribution in [0.15, 0.2) is 23.1 Å². The second-order valence-corrected chi connectivity index (χ2v) is 7.23.